The third kappa shape index (κ3) is 4.60. The fraction of sp³-hybridized carbons (Fsp3) is 0.214. The molecule has 0 aliphatic rings. The molecule has 0 atom stereocenters. The number of phenols is 1. The number of terminal acetylenes is 1. The Morgan fingerprint density at radius 1 is 1.09 bits per heavy atom. The van der Waals surface area contributed by atoms with Crippen LogP contribution in [0.2, 0.25) is 0 Å². The minimum atomic E-state index is -0.386. The summed E-state index contributed by atoms with van der Waals surface area (Å²) in [4.78, 5) is 17.6. The Morgan fingerprint density at radius 2 is 1.85 bits per heavy atom. The zero-order valence-corrected chi connectivity index (χ0v) is 19.4. The summed E-state index contributed by atoms with van der Waals surface area (Å²) in [5, 5.41) is 10.9. The van der Waals surface area contributed by atoms with Crippen LogP contribution in [0.1, 0.15) is 30.9 Å². The number of aromatic nitrogens is 2. The highest BCUT2D eigenvalue weighted by Gasteiger charge is 2.15. The Kier molecular flexibility index (Phi) is 6.55. The number of aromatic hydroxyl groups is 1. The van der Waals surface area contributed by atoms with Crippen molar-refractivity contribution in [1.29, 1.82) is 0 Å². The van der Waals surface area contributed by atoms with E-state index in [0.29, 0.717) is 28.6 Å². The molecule has 0 bridgehead atoms. The molecule has 172 valence electrons. The Bertz CT molecular complexity index is 1430. The maximum absolute atomic E-state index is 13.2. The van der Waals surface area contributed by atoms with Gasteiger partial charge in [0.05, 0.1) is 24.9 Å². The average molecular weight is 455 g/mol. The zero-order chi connectivity index (χ0) is 24.2. The van der Waals surface area contributed by atoms with Crippen molar-refractivity contribution >= 4 is 10.9 Å². The van der Waals surface area contributed by atoms with Crippen molar-refractivity contribution in [2.45, 2.75) is 26.3 Å². The molecule has 4 rings (SSSR count). The summed E-state index contributed by atoms with van der Waals surface area (Å²) in [5.41, 5.74) is 3.68. The predicted molar refractivity (Wildman–Crippen MR) is 134 cm³/mol. The van der Waals surface area contributed by atoms with Gasteiger partial charge in [0, 0.05) is 10.9 Å². The number of methoxy groups -OCH3 is 1. The smallest absolute Gasteiger partial charge is 0.348 e. The molecule has 1 heterocycles. The number of phenolic OH excluding ortho intramolecular Hbond substituents is 1. The van der Waals surface area contributed by atoms with Gasteiger partial charge in [0.15, 0.2) is 11.5 Å². The van der Waals surface area contributed by atoms with Gasteiger partial charge in [0.2, 0.25) is 0 Å². The van der Waals surface area contributed by atoms with Gasteiger partial charge in [-0.05, 0) is 47.4 Å². The first kappa shape index (κ1) is 22.9. The number of hydrogen-bond donors (Lipinski definition) is 1. The number of rotatable bonds is 7. The van der Waals surface area contributed by atoms with Crippen molar-refractivity contribution in [3.63, 3.8) is 0 Å². The van der Waals surface area contributed by atoms with Crippen LogP contribution in [0.4, 0.5) is 0 Å². The predicted octanol–water partition coefficient (Wildman–Crippen LogP) is 4.96. The molecule has 0 saturated carbocycles. The standard InChI is InChI=1S/C28H26N2O4/c1-5-14-34-22-11-12-24-23(16-22)27(21-9-7-20(8-10-21)18(2)3)29-28(32)30(24)17-19-6-13-26(33-4)25(31)15-19/h1,6-13,15-16,18,31H,14,17H2,2-4H3. The molecule has 1 N–H and O–H groups in total. The first-order valence-electron chi connectivity index (χ1n) is 11.0. The van der Waals surface area contributed by atoms with Gasteiger partial charge < -0.3 is 14.6 Å². The van der Waals surface area contributed by atoms with E-state index in [4.69, 9.17) is 15.9 Å². The van der Waals surface area contributed by atoms with Crippen LogP contribution >= 0.6 is 0 Å². The topological polar surface area (TPSA) is 73.6 Å². The van der Waals surface area contributed by atoms with Crippen LogP contribution in [0.15, 0.2) is 65.5 Å². The molecule has 6 nitrogen and oxygen atoms in total. The second-order valence-corrected chi connectivity index (χ2v) is 8.28. The Hall–Kier alpha value is -4.24. The Morgan fingerprint density at radius 3 is 2.50 bits per heavy atom. The Labute approximate surface area is 198 Å². The number of fused-ring (bicyclic) bond motifs is 1. The molecule has 0 unspecified atom stereocenters. The molecule has 34 heavy (non-hydrogen) atoms. The van der Waals surface area contributed by atoms with E-state index >= 15 is 0 Å². The average Bonchev–Trinajstić information content (AvgIpc) is 2.84. The third-order valence-electron chi connectivity index (χ3n) is 5.71. The lowest BCUT2D eigenvalue weighted by atomic mass is 9.99. The molecule has 0 fully saturated rings. The molecular weight excluding hydrogens is 428 g/mol. The fourth-order valence-electron chi connectivity index (χ4n) is 3.89. The lowest BCUT2D eigenvalue weighted by molar-refractivity contribution is 0.371. The van der Waals surface area contributed by atoms with E-state index in [1.807, 2.05) is 24.3 Å². The number of ether oxygens (including phenoxy) is 2. The maximum atomic E-state index is 13.2. The fourth-order valence-corrected chi connectivity index (χ4v) is 3.89. The molecule has 1 aromatic heterocycles. The normalized spacial score (nSPS) is 10.9. The molecular formula is C28H26N2O4. The largest absolute Gasteiger partial charge is 0.504 e. The van der Waals surface area contributed by atoms with Gasteiger partial charge in [-0.15, -0.1) is 6.42 Å². The van der Waals surface area contributed by atoms with Gasteiger partial charge in [0.1, 0.15) is 12.4 Å². The lowest BCUT2D eigenvalue weighted by Crippen LogP contribution is -2.24. The third-order valence-corrected chi connectivity index (χ3v) is 5.71. The summed E-state index contributed by atoms with van der Waals surface area (Å²) in [6.45, 7) is 4.64. The monoisotopic (exact) mass is 454 g/mol. The van der Waals surface area contributed by atoms with E-state index in [0.717, 1.165) is 16.5 Å². The van der Waals surface area contributed by atoms with Crippen LogP contribution in [0.5, 0.6) is 17.2 Å². The van der Waals surface area contributed by atoms with E-state index in [2.05, 4.69) is 36.9 Å². The first-order valence-corrected chi connectivity index (χ1v) is 11.0. The van der Waals surface area contributed by atoms with Crippen molar-refractivity contribution < 1.29 is 14.6 Å². The van der Waals surface area contributed by atoms with Crippen LogP contribution in [0, 0.1) is 12.3 Å². The number of hydrogen-bond acceptors (Lipinski definition) is 5. The highest BCUT2D eigenvalue weighted by atomic mass is 16.5. The molecule has 0 aliphatic carbocycles. The van der Waals surface area contributed by atoms with E-state index in [1.165, 1.54) is 12.7 Å². The summed E-state index contributed by atoms with van der Waals surface area (Å²) in [6, 6.07) is 18.6. The lowest BCUT2D eigenvalue weighted by Gasteiger charge is -2.15. The van der Waals surface area contributed by atoms with E-state index in [9.17, 15) is 9.90 Å². The van der Waals surface area contributed by atoms with Crippen molar-refractivity contribution in [3.05, 3.63) is 82.3 Å². The van der Waals surface area contributed by atoms with Gasteiger partial charge in [-0.2, -0.15) is 4.98 Å². The number of benzene rings is 3. The quantitative estimate of drug-likeness (QED) is 0.400. The molecule has 0 spiro atoms. The van der Waals surface area contributed by atoms with Gasteiger partial charge in [-0.3, -0.25) is 4.57 Å². The summed E-state index contributed by atoms with van der Waals surface area (Å²) in [6.07, 6.45) is 5.35. The van der Waals surface area contributed by atoms with Crippen molar-refractivity contribution in [2.75, 3.05) is 13.7 Å². The highest BCUT2D eigenvalue weighted by molar-refractivity contribution is 5.93. The number of nitrogens with zero attached hydrogens (tertiary/aromatic N) is 2. The summed E-state index contributed by atoms with van der Waals surface area (Å²) in [7, 11) is 1.49. The van der Waals surface area contributed by atoms with Gasteiger partial charge in [-0.1, -0.05) is 50.1 Å². The van der Waals surface area contributed by atoms with E-state index in [1.54, 1.807) is 28.8 Å². The SMILES string of the molecule is C#CCOc1ccc2c(c1)c(-c1ccc(C(C)C)cc1)nc(=O)n2Cc1ccc(OC)c(O)c1. The molecule has 3 aromatic carbocycles. The van der Waals surface area contributed by atoms with Crippen molar-refractivity contribution in [2.24, 2.45) is 0 Å². The Balaban J connectivity index is 1.87. The van der Waals surface area contributed by atoms with Gasteiger partial charge in [-0.25, -0.2) is 4.79 Å². The minimum absolute atomic E-state index is 0.0112. The summed E-state index contributed by atoms with van der Waals surface area (Å²) < 4.78 is 12.3. The van der Waals surface area contributed by atoms with Crippen molar-refractivity contribution in [1.82, 2.24) is 9.55 Å². The van der Waals surface area contributed by atoms with E-state index < -0.39 is 0 Å². The summed E-state index contributed by atoms with van der Waals surface area (Å²) in [5.74, 6) is 3.85. The second kappa shape index (κ2) is 9.72. The van der Waals surface area contributed by atoms with Crippen LogP contribution < -0.4 is 15.2 Å². The van der Waals surface area contributed by atoms with Crippen LogP contribution in [0.25, 0.3) is 22.2 Å². The second-order valence-electron chi connectivity index (χ2n) is 8.28. The molecule has 6 heteroatoms. The van der Waals surface area contributed by atoms with Gasteiger partial charge >= 0.3 is 5.69 Å². The van der Waals surface area contributed by atoms with E-state index in [-0.39, 0.29) is 24.6 Å². The molecule has 0 amide bonds. The van der Waals surface area contributed by atoms with Crippen molar-refractivity contribution in [3.8, 4) is 40.8 Å². The maximum Gasteiger partial charge on any atom is 0.348 e. The summed E-state index contributed by atoms with van der Waals surface area (Å²) >= 11 is 0. The minimum Gasteiger partial charge on any atom is -0.504 e. The first-order chi connectivity index (χ1) is 16.4. The molecule has 0 radical (unpaired) electrons. The highest BCUT2D eigenvalue weighted by Crippen LogP contribution is 2.31. The van der Waals surface area contributed by atoms with Crippen LogP contribution in [-0.4, -0.2) is 28.4 Å². The van der Waals surface area contributed by atoms with Gasteiger partial charge in [0.25, 0.3) is 0 Å². The van der Waals surface area contributed by atoms with Crippen LogP contribution in [-0.2, 0) is 6.54 Å². The molecule has 0 aliphatic heterocycles. The molecule has 0 saturated heterocycles. The van der Waals surface area contributed by atoms with Crippen LogP contribution in [0.3, 0.4) is 0 Å². The molecule has 4 aromatic rings. The zero-order valence-electron chi connectivity index (χ0n) is 19.4.